The molecule has 1 heterocycles. The molecule has 1 aliphatic heterocycles. The quantitative estimate of drug-likeness (QED) is 0.162. The summed E-state index contributed by atoms with van der Waals surface area (Å²) in [5.41, 5.74) is 20.5. The largest absolute Gasteiger partial charge is 0.355 e. The van der Waals surface area contributed by atoms with E-state index in [-0.39, 0.29) is 0 Å². The Balaban J connectivity index is 1.19. The second-order valence-electron chi connectivity index (χ2n) is 16.3. The highest BCUT2D eigenvalue weighted by Gasteiger charge is 2.31. The van der Waals surface area contributed by atoms with Crippen LogP contribution in [0.2, 0.25) is 0 Å². The summed E-state index contributed by atoms with van der Waals surface area (Å²) in [7, 11) is 0.793. The number of hydrogen-bond acceptors (Lipinski definition) is 2. The van der Waals surface area contributed by atoms with Gasteiger partial charge in [-0.15, -0.1) is 0 Å². The minimum Gasteiger partial charge on any atom is -0.355 e. The van der Waals surface area contributed by atoms with Crippen LogP contribution in [0, 0.1) is 13.8 Å². The van der Waals surface area contributed by atoms with Crippen LogP contribution in [0.1, 0.15) is 11.1 Å². The van der Waals surface area contributed by atoms with E-state index >= 15 is 0 Å². The molecule has 2 nitrogen and oxygen atoms in total. The van der Waals surface area contributed by atoms with Crippen molar-refractivity contribution < 1.29 is 0 Å². The van der Waals surface area contributed by atoms with Gasteiger partial charge in [0.2, 0.25) is 0 Å². The lowest BCUT2D eigenvalue weighted by Gasteiger charge is -2.37. The molecule has 0 aliphatic carbocycles. The van der Waals surface area contributed by atoms with Crippen molar-refractivity contribution in [1.82, 2.24) is 0 Å². The molecule has 10 aromatic rings. The van der Waals surface area contributed by atoms with E-state index in [0.29, 0.717) is 0 Å². The van der Waals surface area contributed by atoms with Gasteiger partial charge in [0.25, 0.3) is 0 Å². The minimum atomic E-state index is 0.793. The van der Waals surface area contributed by atoms with Crippen LogP contribution in [-0.2, 0) is 0 Å². The number of nitrogens with zero attached hydrogens (tertiary/aromatic N) is 1. The Kier molecular flexibility index (Phi) is 9.09. The predicted molar refractivity (Wildman–Crippen MR) is 263 cm³/mol. The molecule has 1 N–H and O–H groups in total. The molecule has 0 bridgehead atoms. The number of nitrogens with one attached hydrogen (secondary N) is 1. The van der Waals surface area contributed by atoms with Gasteiger partial charge in [0.15, 0.2) is 7.28 Å². The maximum Gasteiger partial charge on any atom is 0.198 e. The number of fused-ring (bicyclic) bond motifs is 4. The van der Waals surface area contributed by atoms with Crippen molar-refractivity contribution in [1.29, 1.82) is 0 Å². The highest BCUT2D eigenvalue weighted by Crippen LogP contribution is 2.46. The first-order valence-corrected chi connectivity index (χ1v) is 21.2. The zero-order valence-electron chi connectivity index (χ0n) is 34.4. The van der Waals surface area contributed by atoms with Crippen molar-refractivity contribution in [2.45, 2.75) is 13.8 Å². The average molecular weight is 779 g/mol. The molecule has 0 atom stereocenters. The van der Waals surface area contributed by atoms with E-state index in [2.05, 4.69) is 236 Å². The maximum absolute atomic E-state index is 3.93. The molecular formula is C58H43BN2. The van der Waals surface area contributed by atoms with Gasteiger partial charge in [-0.05, 0) is 133 Å². The first-order valence-electron chi connectivity index (χ1n) is 21.2. The molecule has 288 valence electrons. The Morgan fingerprint density at radius 2 is 1.00 bits per heavy atom. The summed E-state index contributed by atoms with van der Waals surface area (Å²) in [5, 5.41) is 8.85. The predicted octanol–water partition coefficient (Wildman–Crippen LogP) is 14.2. The van der Waals surface area contributed by atoms with Crippen LogP contribution in [0.3, 0.4) is 0 Å². The summed E-state index contributed by atoms with van der Waals surface area (Å²) in [5.74, 6) is 0. The van der Waals surface area contributed by atoms with Gasteiger partial charge in [-0.25, -0.2) is 0 Å². The third-order valence-electron chi connectivity index (χ3n) is 12.5. The maximum atomic E-state index is 3.93. The van der Waals surface area contributed by atoms with Gasteiger partial charge in [-0.2, -0.15) is 0 Å². The van der Waals surface area contributed by atoms with Crippen LogP contribution in [0.5, 0.6) is 0 Å². The summed E-state index contributed by atoms with van der Waals surface area (Å²) < 4.78 is 0. The number of anilines is 5. The number of hydrogen-bond donors (Lipinski definition) is 1. The molecule has 11 rings (SSSR count). The summed E-state index contributed by atoms with van der Waals surface area (Å²) in [6.07, 6.45) is 0. The fourth-order valence-corrected chi connectivity index (χ4v) is 9.38. The van der Waals surface area contributed by atoms with Crippen LogP contribution in [-0.4, -0.2) is 7.28 Å². The molecule has 0 saturated carbocycles. The molecule has 10 aromatic carbocycles. The zero-order valence-corrected chi connectivity index (χ0v) is 34.4. The van der Waals surface area contributed by atoms with Gasteiger partial charge in [0, 0.05) is 34.0 Å². The Labute approximate surface area is 358 Å². The summed E-state index contributed by atoms with van der Waals surface area (Å²) >= 11 is 0. The molecule has 0 unspecified atom stereocenters. The van der Waals surface area contributed by atoms with Gasteiger partial charge >= 0.3 is 0 Å². The van der Waals surface area contributed by atoms with Gasteiger partial charge in [-0.1, -0.05) is 175 Å². The lowest BCUT2D eigenvalue weighted by atomic mass is 9.57. The number of rotatable bonds is 7. The van der Waals surface area contributed by atoms with Crippen molar-refractivity contribution in [3.05, 3.63) is 223 Å². The molecule has 0 amide bonds. The van der Waals surface area contributed by atoms with Crippen LogP contribution in [0.25, 0.3) is 66.1 Å². The first kappa shape index (κ1) is 36.5. The molecule has 0 aromatic heterocycles. The van der Waals surface area contributed by atoms with Crippen molar-refractivity contribution in [3.8, 4) is 44.5 Å². The molecule has 0 radical (unpaired) electrons. The second-order valence-corrected chi connectivity index (χ2v) is 16.3. The second kappa shape index (κ2) is 15.2. The summed E-state index contributed by atoms with van der Waals surface area (Å²) in [6.45, 7) is 4.48. The molecule has 1 aliphatic rings. The van der Waals surface area contributed by atoms with E-state index in [1.807, 2.05) is 0 Å². The molecule has 3 heteroatoms. The molecule has 0 spiro atoms. The topological polar surface area (TPSA) is 15.3 Å². The highest BCUT2D eigenvalue weighted by molar-refractivity contribution is 6.73. The smallest absolute Gasteiger partial charge is 0.198 e. The lowest BCUT2D eigenvalue weighted by Crippen LogP contribution is -2.41. The first-order chi connectivity index (χ1) is 30.1. The van der Waals surface area contributed by atoms with Gasteiger partial charge in [0.05, 0.1) is 0 Å². The van der Waals surface area contributed by atoms with Gasteiger partial charge < -0.3 is 10.2 Å². The third-order valence-corrected chi connectivity index (χ3v) is 12.5. The van der Waals surface area contributed by atoms with Crippen molar-refractivity contribution in [3.63, 3.8) is 0 Å². The SMILES string of the molecule is Cc1ccccc1-c1cc(-c2c(Nc3ccc(-c4ccccc4)cc3)ccc3ccccc23)c2c(c1)N(c1cc(-c3ccccc3)ccc1C)c1cc3ccccc3cc1B2. The van der Waals surface area contributed by atoms with Crippen molar-refractivity contribution >= 4 is 68.2 Å². The van der Waals surface area contributed by atoms with E-state index in [0.717, 1.165) is 18.7 Å². The molecule has 61 heavy (non-hydrogen) atoms. The highest BCUT2D eigenvalue weighted by atomic mass is 15.2. The van der Waals surface area contributed by atoms with E-state index in [1.54, 1.807) is 0 Å². The van der Waals surface area contributed by atoms with Crippen molar-refractivity contribution in [2.24, 2.45) is 0 Å². The third kappa shape index (κ3) is 6.65. The zero-order chi connectivity index (χ0) is 40.9. The van der Waals surface area contributed by atoms with Crippen LogP contribution < -0.4 is 21.1 Å². The fourth-order valence-electron chi connectivity index (χ4n) is 9.38. The van der Waals surface area contributed by atoms with Crippen molar-refractivity contribution in [2.75, 3.05) is 10.2 Å². The standard InChI is InChI=1S/C58H43BN2/c1-38-15-9-13-23-49(38)47-33-51(57-50-24-14-12-20-43(50)29-32-53(57)60-48-30-27-42(28-31-48)40-16-5-3-6-17-40)58-56(37-47)61(55-36-45-22-11-10-21-44(45)34-52(55)59-58)54-35-46(26-25-39(54)2)41-18-7-4-8-19-41/h3-37,59-60H,1-2H3. The Hall–Kier alpha value is -7.62. The normalized spacial score (nSPS) is 11.9. The number of benzene rings is 10. The lowest BCUT2D eigenvalue weighted by molar-refractivity contribution is 1.26. The van der Waals surface area contributed by atoms with Gasteiger partial charge in [0.1, 0.15) is 0 Å². The number of aryl methyl sites for hydroxylation is 2. The monoisotopic (exact) mass is 778 g/mol. The molecular weight excluding hydrogens is 735 g/mol. The Morgan fingerprint density at radius 1 is 0.393 bits per heavy atom. The van der Waals surface area contributed by atoms with Crippen LogP contribution in [0.15, 0.2) is 212 Å². The fraction of sp³-hybridized carbons (Fsp3) is 0.0345. The minimum absolute atomic E-state index is 0.793. The van der Waals surface area contributed by atoms with E-state index in [4.69, 9.17) is 0 Å². The molecule has 0 fully saturated rings. The molecule has 0 saturated heterocycles. The van der Waals surface area contributed by atoms with E-state index in [9.17, 15) is 0 Å². The van der Waals surface area contributed by atoms with Crippen LogP contribution >= 0.6 is 0 Å². The van der Waals surface area contributed by atoms with Crippen LogP contribution in [0.4, 0.5) is 28.4 Å². The Morgan fingerprint density at radius 3 is 1.75 bits per heavy atom. The van der Waals surface area contributed by atoms with E-state index < -0.39 is 0 Å². The Bertz CT molecular complexity index is 3260. The average Bonchev–Trinajstić information content (AvgIpc) is 3.31. The summed E-state index contributed by atoms with van der Waals surface area (Å²) in [4.78, 5) is 2.56. The van der Waals surface area contributed by atoms with E-state index in [1.165, 1.54) is 105 Å². The van der Waals surface area contributed by atoms with Gasteiger partial charge in [-0.3, -0.25) is 0 Å². The summed E-state index contributed by atoms with van der Waals surface area (Å²) in [6, 6.07) is 77.8.